The molecule has 1 aromatic rings. The number of halogens is 1. The maximum Gasteiger partial charge on any atom is 0.132 e. The lowest BCUT2D eigenvalue weighted by atomic mass is 10.3. The van der Waals surface area contributed by atoms with Crippen LogP contribution in [0.3, 0.4) is 0 Å². The molecule has 4 heteroatoms. The monoisotopic (exact) mass is 257 g/mol. The Morgan fingerprint density at radius 1 is 1.50 bits per heavy atom. The number of rotatable bonds is 4. The van der Waals surface area contributed by atoms with Crippen molar-refractivity contribution in [1.29, 1.82) is 0 Å². The first-order valence-corrected chi connectivity index (χ1v) is 5.89. The van der Waals surface area contributed by atoms with Gasteiger partial charge in [-0.3, -0.25) is 0 Å². The summed E-state index contributed by atoms with van der Waals surface area (Å²) in [6.45, 7) is 7.21. The summed E-state index contributed by atoms with van der Waals surface area (Å²) in [5.74, 6) is 1.83. The fraction of sp³-hybridized carbons (Fsp3) is 0.600. The molecule has 78 valence electrons. The highest BCUT2D eigenvalue weighted by Crippen LogP contribution is 2.13. The van der Waals surface area contributed by atoms with Gasteiger partial charge in [0.05, 0.1) is 0 Å². The van der Waals surface area contributed by atoms with Gasteiger partial charge in [0.1, 0.15) is 11.6 Å². The van der Waals surface area contributed by atoms with Crippen molar-refractivity contribution in [3.63, 3.8) is 0 Å². The van der Waals surface area contributed by atoms with E-state index in [2.05, 4.69) is 44.6 Å². The van der Waals surface area contributed by atoms with Crippen LogP contribution in [0.2, 0.25) is 0 Å². The molecule has 0 aromatic carbocycles. The van der Waals surface area contributed by atoms with Crippen LogP contribution in [0.25, 0.3) is 0 Å². The maximum absolute atomic E-state index is 4.41. The number of anilines is 1. The van der Waals surface area contributed by atoms with E-state index in [4.69, 9.17) is 0 Å². The van der Waals surface area contributed by atoms with Crippen LogP contribution in [-0.2, 0) is 0 Å². The SMILES string of the molecule is Cc1nccc(N(CCBr)C(C)C)n1. The molecule has 0 aliphatic rings. The highest BCUT2D eigenvalue weighted by atomic mass is 79.9. The molecule has 1 heterocycles. The second-order valence-corrected chi connectivity index (χ2v) is 4.23. The lowest BCUT2D eigenvalue weighted by molar-refractivity contribution is 0.694. The molecular weight excluding hydrogens is 242 g/mol. The van der Waals surface area contributed by atoms with Gasteiger partial charge in [0.15, 0.2) is 0 Å². The van der Waals surface area contributed by atoms with Gasteiger partial charge in [-0.05, 0) is 26.8 Å². The average Bonchev–Trinajstić information content (AvgIpc) is 2.13. The molecule has 0 N–H and O–H groups in total. The first-order valence-electron chi connectivity index (χ1n) is 4.77. The molecule has 0 saturated heterocycles. The van der Waals surface area contributed by atoms with Crippen LogP contribution in [-0.4, -0.2) is 27.9 Å². The van der Waals surface area contributed by atoms with Gasteiger partial charge in [-0.25, -0.2) is 9.97 Å². The summed E-state index contributed by atoms with van der Waals surface area (Å²) in [6.07, 6.45) is 1.81. The van der Waals surface area contributed by atoms with Crippen molar-refractivity contribution in [1.82, 2.24) is 9.97 Å². The van der Waals surface area contributed by atoms with E-state index in [-0.39, 0.29) is 0 Å². The van der Waals surface area contributed by atoms with Gasteiger partial charge in [-0.15, -0.1) is 0 Å². The minimum atomic E-state index is 0.460. The van der Waals surface area contributed by atoms with Crippen LogP contribution in [0.15, 0.2) is 12.3 Å². The van der Waals surface area contributed by atoms with Crippen LogP contribution in [0, 0.1) is 6.92 Å². The molecule has 0 atom stereocenters. The molecule has 0 spiro atoms. The first kappa shape index (κ1) is 11.4. The van der Waals surface area contributed by atoms with Crippen molar-refractivity contribution in [2.75, 3.05) is 16.8 Å². The third kappa shape index (κ3) is 2.94. The lowest BCUT2D eigenvalue weighted by Crippen LogP contribution is -2.33. The Kier molecular flexibility index (Phi) is 4.32. The minimum absolute atomic E-state index is 0.460. The summed E-state index contributed by atoms with van der Waals surface area (Å²) >= 11 is 3.45. The third-order valence-electron chi connectivity index (χ3n) is 2.00. The molecule has 1 aromatic heterocycles. The van der Waals surface area contributed by atoms with E-state index < -0.39 is 0 Å². The summed E-state index contributed by atoms with van der Waals surface area (Å²) in [6, 6.07) is 2.41. The quantitative estimate of drug-likeness (QED) is 0.776. The van der Waals surface area contributed by atoms with Crippen molar-refractivity contribution in [2.24, 2.45) is 0 Å². The Hall–Kier alpha value is -0.640. The molecule has 0 radical (unpaired) electrons. The predicted molar refractivity (Wildman–Crippen MR) is 63.0 cm³/mol. The maximum atomic E-state index is 4.41. The molecule has 1 rings (SSSR count). The van der Waals surface area contributed by atoms with Crippen molar-refractivity contribution in [2.45, 2.75) is 26.8 Å². The van der Waals surface area contributed by atoms with Crippen LogP contribution in [0.5, 0.6) is 0 Å². The van der Waals surface area contributed by atoms with Crippen LogP contribution < -0.4 is 4.90 Å². The predicted octanol–water partition coefficient (Wildman–Crippen LogP) is 2.39. The summed E-state index contributed by atoms with van der Waals surface area (Å²) in [4.78, 5) is 10.8. The zero-order valence-corrected chi connectivity index (χ0v) is 10.5. The Morgan fingerprint density at radius 3 is 2.71 bits per heavy atom. The fourth-order valence-electron chi connectivity index (χ4n) is 1.33. The first-order chi connectivity index (χ1) is 6.65. The molecule has 0 saturated carbocycles. The second-order valence-electron chi connectivity index (χ2n) is 3.44. The molecule has 0 aliphatic heterocycles. The van der Waals surface area contributed by atoms with Crippen molar-refractivity contribution in [3.05, 3.63) is 18.1 Å². The van der Waals surface area contributed by atoms with Crippen molar-refractivity contribution < 1.29 is 0 Å². The second kappa shape index (κ2) is 5.29. The highest BCUT2D eigenvalue weighted by molar-refractivity contribution is 9.09. The van der Waals surface area contributed by atoms with Gasteiger partial charge in [0.25, 0.3) is 0 Å². The molecular formula is C10H16BrN3. The Balaban J connectivity index is 2.87. The zero-order chi connectivity index (χ0) is 10.6. The van der Waals surface area contributed by atoms with E-state index in [0.29, 0.717) is 6.04 Å². The zero-order valence-electron chi connectivity index (χ0n) is 8.87. The van der Waals surface area contributed by atoms with E-state index in [9.17, 15) is 0 Å². The van der Waals surface area contributed by atoms with Gasteiger partial charge in [0, 0.05) is 24.1 Å². The van der Waals surface area contributed by atoms with Crippen LogP contribution in [0.4, 0.5) is 5.82 Å². The number of alkyl halides is 1. The number of aromatic nitrogens is 2. The van der Waals surface area contributed by atoms with Gasteiger partial charge in [-0.1, -0.05) is 15.9 Å². The topological polar surface area (TPSA) is 29.0 Å². The summed E-state index contributed by atoms with van der Waals surface area (Å²) in [5, 5.41) is 0.953. The molecule has 0 unspecified atom stereocenters. The normalized spacial score (nSPS) is 10.6. The van der Waals surface area contributed by atoms with E-state index in [1.807, 2.05) is 13.0 Å². The van der Waals surface area contributed by atoms with Gasteiger partial charge in [-0.2, -0.15) is 0 Å². The van der Waals surface area contributed by atoms with Gasteiger partial charge in [0.2, 0.25) is 0 Å². The average molecular weight is 258 g/mol. The van der Waals surface area contributed by atoms with Crippen molar-refractivity contribution >= 4 is 21.7 Å². The smallest absolute Gasteiger partial charge is 0.132 e. The lowest BCUT2D eigenvalue weighted by Gasteiger charge is -2.26. The molecule has 0 bridgehead atoms. The van der Waals surface area contributed by atoms with Crippen LogP contribution in [0.1, 0.15) is 19.7 Å². The number of nitrogens with zero attached hydrogens (tertiary/aromatic N) is 3. The number of hydrogen-bond donors (Lipinski definition) is 0. The van der Waals surface area contributed by atoms with E-state index >= 15 is 0 Å². The number of aryl methyl sites for hydroxylation is 1. The van der Waals surface area contributed by atoms with E-state index in [0.717, 1.165) is 23.5 Å². The Morgan fingerprint density at radius 2 is 2.21 bits per heavy atom. The summed E-state index contributed by atoms with van der Waals surface area (Å²) in [5.41, 5.74) is 0. The molecule has 0 fully saturated rings. The van der Waals surface area contributed by atoms with E-state index in [1.165, 1.54) is 0 Å². The molecule has 3 nitrogen and oxygen atoms in total. The number of hydrogen-bond acceptors (Lipinski definition) is 3. The molecule has 14 heavy (non-hydrogen) atoms. The molecule has 0 aliphatic carbocycles. The van der Waals surface area contributed by atoms with Crippen molar-refractivity contribution in [3.8, 4) is 0 Å². The Labute approximate surface area is 93.7 Å². The minimum Gasteiger partial charge on any atom is -0.353 e. The van der Waals surface area contributed by atoms with E-state index in [1.54, 1.807) is 6.20 Å². The highest BCUT2D eigenvalue weighted by Gasteiger charge is 2.10. The summed E-state index contributed by atoms with van der Waals surface area (Å²) in [7, 11) is 0. The Bertz CT molecular complexity index is 288. The fourth-order valence-corrected chi connectivity index (χ4v) is 1.71. The van der Waals surface area contributed by atoms with Crippen LogP contribution >= 0.6 is 15.9 Å². The van der Waals surface area contributed by atoms with Gasteiger partial charge < -0.3 is 4.90 Å². The largest absolute Gasteiger partial charge is 0.353 e. The third-order valence-corrected chi connectivity index (χ3v) is 2.36. The standard InChI is InChI=1S/C10H16BrN3/c1-8(2)14(7-5-11)10-4-6-12-9(3)13-10/h4,6,8H,5,7H2,1-3H3. The molecule has 0 amide bonds. The van der Waals surface area contributed by atoms with Gasteiger partial charge >= 0.3 is 0 Å². The summed E-state index contributed by atoms with van der Waals surface area (Å²) < 4.78 is 0.